The van der Waals surface area contributed by atoms with E-state index in [0.29, 0.717) is 35.5 Å². The first kappa shape index (κ1) is 16.3. The van der Waals surface area contributed by atoms with Crippen LogP contribution in [0.25, 0.3) is 11.3 Å². The maximum absolute atomic E-state index is 11.6. The monoisotopic (exact) mass is 325 g/mol. The van der Waals surface area contributed by atoms with Gasteiger partial charge in [-0.25, -0.2) is 0 Å². The standard InChI is InChI=1S/C18H19N3O3/c1-12-8-21(9-13(2)24-12)18-7-20-17(5-15(18)11-23)16-6-19-4-3-14(16)10-22/h3-7,10-13H,8-9H2,1-2H3. The fourth-order valence-corrected chi connectivity index (χ4v) is 3.07. The highest BCUT2D eigenvalue weighted by Crippen LogP contribution is 2.27. The van der Waals surface area contributed by atoms with E-state index in [-0.39, 0.29) is 12.2 Å². The second kappa shape index (κ2) is 6.88. The summed E-state index contributed by atoms with van der Waals surface area (Å²) in [7, 11) is 0. The highest BCUT2D eigenvalue weighted by atomic mass is 16.5. The molecule has 0 spiro atoms. The lowest BCUT2D eigenvalue weighted by molar-refractivity contribution is -0.00527. The van der Waals surface area contributed by atoms with Crippen molar-refractivity contribution in [1.82, 2.24) is 9.97 Å². The predicted molar refractivity (Wildman–Crippen MR) is 90.5 cm³/mol. The average Bonchev–Trinajstić information content (AvgIpc) is 2.60. The van der Waals surface area contributed by atoms with Crippen molar-refractivity contribution in [2.75, 3.05) is 18.0 Å². The van der Waals surface area contributed by atoms with Gasteiger partial charge < -0.3 is 9.64 Å². The Morgan fingerprint density at radius 2 is 1.83 bits per heavy atom. The minimum absolute atomic E-state index is 0.0907. The Balaban J connectivity index is 1.99. The van der Waals surface area contributed by atoms with Crippen molar-refractivity contribution in [3.05, 3.63) is 41.9 Å². The maximum Gasteiger partial charge on any atom is 0.152 e. The van der Waals surface area contributed by atoms with E-state index < -0.39 is 0 Å². The molecule has 124 valence electrons. The minimum Gasteiger partial charge on any atom is -0.372 e. The molecule has 2 unspecified atom stereocenters. The molecule has 0 radical (unpaired) electrons. The van der Waals surface area contributed by atoms with Crippen molar-refractivity contribution in [3.8, 4) is 11.3 Å². The van der Waals surface area contributed by atoms with E-state index in [1.54, 1.807) is 30.7 Å². The highest BCUT2D eigenvalue weighted by molar-refractivity contribution is 5.90. The molecule has 24 heavy (non-hydrogen) atoms. The molecule has 1 aliphatic heterocycles. The number of nitrogens with zero attached hydrogens (tertiary/aromatic N) is 3. The molecule has 6 nitrogen and oxygen atoms in total. The molecule has 6 heteroatoms. The van der Waals surface area contributed by atoms with Gasteiger partial charge in [0.2, 0.25) is 0 Å². The zero-order valence-electron chi connectivity index (χ0n) is 13.7. The first-order chi connectivity index (χ1) is 11.6. The molecule has 3 heterocycles. The Morgan fingerprint density at radius 1 is 1.12 bits per heavy atom. The molecule has 0 amide bonds. The zero-order chi connectivity index (χ0) is 17.1. The lowest BCUT2D eigenvalue weighted by Crippen LogP contribution is -2.45. The zero-order valence-corrected chi connectivity index (χ0v) is 13.7. The number of hydrogen-bond acceptors (Lipinski definition) is 6. The fraction of sp³-hybridized carbons (Fsp3) is 0.333. The number of rotatable bonds is 4. The van der Waals surface area contributed by atoms with Crippen LogP contribution in [0.5, 0.6) is 0 Å². The first-order valence-electron chi connectivity index (χ1n) is 7.87. The van der Waals surface area contributed by atoms with Crippen molar-refractivity contribution in [2.45, 2.75) is 26.1 Å². The van der Waals surface area contributed by atoms with Gasteiger partial charge in [0.15, 0.2) is 12.6 Å². The van der Waals surface area contributed by atoms with Gasteiger partial charge in [-0.1, -0.05) is 0 Å². The van der Waals surface area contributed by atoms with Gasteiger partial charge in [-0.15, -0.1) is 0 Å². The Bertz CT molecular complexity index is 753. The number of carbonyl (C=O) groups is 2. The van der Waals surface area contributed by atoms with E-state index in [0.717, 1.165) is 18.3 Å². The van der Waals surface area contributed by atoms with Crippen LogP contribution in [0.1, 0.15) is 34.6 Å². The Hall–Kier alpha value is -2.60. The smallest absolute Gasteiger partial charge is 0.152 e. The Labute approximate surface area is 140 Å². The van der Waals surface area contributed by atoms with Crippen LogP contribution in [-0.4, -0.2) is 47.8 Å². The number of carbonyl (C=O) groups excluding carboxylic acids is 2. The van der Waals surface area contributed by atoms with Crippen LogP contribution in [0.4, 0.5) is 5.69 Å². The second-order valence-corrected chi connectivity index (χ2v) is 5.99. The second-order valence-electron chi connectivity index (χ2n) is 5.99. The van der Waals surface area contributed by atoms with Gasteiger partial charge in [-0.3, -0.25) is 19.6 Å². The topological polar surface area (TPSA) is 72.4 Å². The molecular weight excluding hydrogens is 306 g/mol. The molecule has 1 fully saturated rings. The molecule has 0 bridgehead atoms. The van der Waals surface area contributed by atoms with Gasteiger partial charge in [0.25, 0.3) is 0 Å². The molecule has 2 aromatic rings. The summed E-state index contributed by atoms with van der Waals surface area (Å²) < 4.78 is 5.74. The number of aldehydes is 2. The molecule has 2 aromatic heterocycles. The van der Waals surface area contributed by atoms with Gasteiger partial charge in [-0.05, 0) is 26.0 Å². The van der Waals surface area contributed by atoms with Crippen molar-refractivity contribution in [1.29, 1.82) is 0 Å². The number of aromatic nitrogens is 2. The minimum atomic E-state index is 0.0907. The summed E-state index contributed by atoms with van der Waals surface area (Å²) >= 11 is 0. The van der Waals surface area contributed by atoms with Crippen LogP contribution in [0.3, 0.4) is 0 Å². The third-order valence-electron chi connectivity index (χ3n) is 4.06. The summed E-state index contributed by atoms with van der Waals surface area (Å²) in [5.74, 6) is 0. The number of pyridine rings is 2. The largest absolute Gasteiger partial charge is 0.372 e. The van der Waals surface area contributed by atoms with Crippen LogP contribution in [0, 0.1) is 0 Å². The SMILES string of the molecule is CC1CN(c2cnc(-c3cnccc3C=O)cc2C=O)CC(C)O1. The van der Waals surface area contributed by atoms with Crippen molar-refractivity contribution >= 4 is 18.3 Å². The lowest BCUT2D eigenvalue weighted by Gasteiger charge is -2.37. The van der Waals surface area contributed by atoms with Gasteiger partial charge in [-0.2, -0.15) is 0 Å². The van der Waals surface area contributed by atoms with E-state index in [1.807, 2.05) is 13.8 Å². The third-order valence-corrected chi connectivity index (χ3v) is 4.06. The first-order valence-corrected chi connectivity index (χ1v) is 7.87. The number of morpholine rings is 1. The van der Waals surface area contributed by atoms with Crippen molar-refractivity contribution in [2.24, 2.45) is 0 Å². The van der Waals surface area contributed by atoms with Gasteiger partial charge in [0.1, 0.15) is 0 Å². The van der Waals surface area contributed by atoms with Crippen LogP contribution < -0.4 is 4.90 Å². The van der Waals surface area contributed by atoms with Crippen LogP contribution in [0.2, 0.25) is 0 Å². The molecule has 1 aliphatic rings. The summed E-state index contributed by atoms with van der Waals surface area (Å²) in [6, 6.07) is 3.33. The van der Waals surface area contributed by atoms with Crippen LogP contribution in [0.15, 0.2) is 30.7 Å². The molecule has 0 aliphatic carbocycles. The lowest BCUT2D eigenvalue weighted by atomic mass is 10.0. The molecular formula is C18H19N3O3. The average molecular weight is 325 g/mol. The predicted octanol–water partition coefficient (Wildman–Crippen LogP) is 2.38. The quantitative estimate of drug-likeness (QED) is 0.804. The van der Waals surface area contributed by atoms with E-state index in [2.05, 4.69) is 14.9 Å². The summed E-state index contributed by atoms with van der Waals surface area (Å²) in [4.78, 5) is 33.4. The molecule has 3 rings (SSSR count). The molecule has 2 atom stereocenters. The highest BCUT2D eigenvalue weighted by Gasteiger charge is 2.24. The Kier molecular flexibility index (Phi) is 4.66. The van der Waals surface area contributed by atoms with E-state index in [4.69, 9.17) is 4.74 Å². The summed E-state index contributed by atoms with van der Waals surface area (Å²) in [6.07, 6.45) is 6.59. The maximum atomic E-state index is 11.6. The molecule has 0 aromatic carbocycles. The molecule has 1 saturated heterocycles. The molecule has 0 saturated carbocycles. The van der Waals surface area contributed by atoms with Crippen LogP contribution in [-0.2, 0) is 4.74 Å². The van der Waals surface area contributed by atoms with Gasteiger partial charge >= 0.3 is 0 Å². The summed E-state index contributed by atoms with van der Waals surface area (Å²) in [6.45, 7) is 5.44. The number of anilines is 1. The number of hydrogen-bond donors (Lipinski definition) is 0. The van der Waals surface area contributed by atoms with Crippen molar-refractivity contribution < 1.29 is 14.3 Å². The third kappa shape index (κ3) is 3.19. The van der Waals surface area contributed by atoms with E-state index in [9.17, 15) is 9.59 Å². The van der Waals surface area contributed by atoms with E-state index in [1.165, 1.54) is 0 Å². The van der Waals surface area contributed by atoms with Gasteiger partial charge in [0.05, 0.1) is 29.8 Å². The molecule has 0 N–H and O–H groups in total. The number of ether oxygens (including phenoxy) is 1. The van der Waals surface area contributed by atoms with Gasteiger partial charge in [0, 0.05) is 42.2 Å². The summed E-state index contributed by atoms with van der Waals surface area (Å²) in [5, 5.41) is 0. The normalized spacial score (nSPS) is 20.7. The van der Waals surface area contributed by atoms with Crippen LogP contribution >= 0.6 is 0 Å². The van der Waals surface area contributed by atoms with Crippen molar-refractivity contribution in [3.63, 3.8) is 0 Å². The summed E-state index contributed by atoms with van der Waals surface area (Å²) in [5.41, 5.74) is 3.00. The fourth-order valence-electron chi connectivity index (χ4n) is 3.07. The van der Waals surface area contributed by atoms with E-state index >= 15 is 0 Å². The Morgan fingerprint density at radius 3 is 2.50 bits per heavy atom.